The highest BCUT2D eigenvalue weighted by atomic mass is 16.1. The molecule has 0 saturated heterocycles. The molecule has 0 radical (unpaired) electrons. The monoisotopic (exact) mass is 373 g/mol. The van der Waals surface area contributed by atoms with Gasteiger partial charge in [-0.2, -0.15) is 0 Å². The van der Waals surface area contributed by atoms with Crippen molar-refractivity contribution in [1.29, 1.82) is 0 Å². The van der Waals surface area contributed by atoms with Crippen molar-refractivity contribution >= 4 is 11.7 Å². The van der Waals surface area contributed by atoms with Gasteiger partial charge in [-0.1, -0.05) is 42.5 Å². The van der Waals surface area contributed by atoms with Crippen LogP contribution in [0.15, 0.2) is 54.6 Å². The first-order chi connectivity index (χ1) is 13.6. The fourth-order valence-corrected chi connectivity index (χ4v) is 3.50. The predicted octanol–water partition coefficient (Wildman–Crippen LogP) is 2.52. The highest BCUT2D eigenvalue weighted by Crippen LogP contribution is 2.28. The van der Waals surface area contributed by atoms with E-state index < -0.39 is 5.91 Å². The zero-order valence-corrected chi connectivity index (χ0v) is 15.9. The summed E-state index contributed by atoms with van der Waals surface area (Å²) in [6.07, 6.45) is 0.907. The van der Waals surface area contributed by atoms with Gasteiger partial charge in [0.15, 0.2) is 5.82 Å². The number of rotatable bonds is 5. The zero-order valence-electron chi connectivity index (χ0n) is 15.9. The number of nitrogens with zero attached hydrogens (tertiary/aromatic N) is 3. The highest BCUT2D eigenvalue weighted by molar-refractivity contribution is 5.93. The number of amides is 1. The zero-order chi connectivity index (χ0) is 19.5. The van der Waals surface area contributed by atoms with Gasteiger partial charge in [0.05, 0.1) is 5.69 Å². The fourth-order valence-electron chi connectivity index (χ4n) is 3.50. The molecule has 142 valence electrons. The van der Waals surface area contributed by atoms with Crippen molar-refractivity contribution in [2.24, 2.45) is 5.73 Å². The molecule has 1 aliphatic heterocycles. The molecule has 4 rings (SSSR count). The van der Waals surface area contributed by atoms with Gasteiger partial charge in [0, 0.05) is 36.8 Å². The SMILES string of the molecule is CN(Cc1ccccc1)c1nc(-c2ccc(C(N)=O)cc2)nc2c1CCNC2. The van der Waals surface area contributed by atoms with E-state index in [4.69, 9.17) is 15.7 Å². The van der Waals surface area contributed by atoms with Crippen LogP contribution in [0.4, 0.5) is 5.82 Å². The Morgan fingerprint density at radius 2 is 1.86 bits per heavy atom. The number of aromatic nitrogens is 2. The van der Waals surface area contributed by atoms with Gasteiger partial charge in [0.1, 0.15) is 5.82 Å². The number of benzene rings is 2. The molecule has 1 aliphatic rings. The van der Waals surface area contributed by atoms with Gasteiger partial charge in [-0.25, -0.2) is 9.97 Å². The van der Waals surface area contributed by atoms with E-state index in [2.05, 4.69) is 29.4 Å². The average Bonchev–Trinajstić information content (AvgIpc) is 2.73. The van der Waals surface area contributed by atoms with Crippen molar-refractivity contribution < 1.29 is 4.79 Å². The highest BCUT2D eigenvalue weighted by Gasteiger charge is 2.20. The molecule has 28 heavy (non-hydrogen) atoms. The summed E-state index contributed by atoms with van der Waals surface area (Å²) >= 11 is 0. The number of carbonyl (C=O) groups excluding carboxylic acids is 1. The maximum atomic E-state index is 11.3. The summed E-state index contributed by atoms with van der Waals surface area (Å²) in [5.41, 5.74) is 10.2. The Morgan fingerprint density at radius 1 is 1.11 bits per heavy atom. The Kier molecular flexibility index (Phi) is 5.04. The summed E-state index contributed by atoms with van der Waals surface area (Å²) in [6, 6.07) is 17.5. The second kappa shape index (κ2) is 7.78. The lowest BCUT2D eigenvalue weighted by atomic mass is 10.0. The standard InChI is InChI=1S/C22H23N5O/c1-27(14-15-5-3-2-4-6-15)22-18-11-12-24-13-19(18)25-21(26-22)17-9-7-16(8-10-17)20(23)28/h2-10,24H,11-14H2,1H3,(H2,23,28). The van der Waals surface area contributed by atoms with Crippen LogP contribution in [0.5, 0.6) is 0 Å². The van der Waals surface area contributed by atoms with E-state index in [9.17, 15) is 4.79 Å². The second-order valence-electron chi connectivity index (χ2n) is 7.01. The van der Waals surface area contributed by atoms with Crippen molar-refractivity contribution in [2.75, 3.05) is 18.5 Å². The van der Waals surface area contributed by atoms with Crippen LogP contribution in [0, 0.1) is 0 Å². The number of fused-ring (bicyclic) bond motifs is 1. The molecule has 1 amide bonds. The van der Waals surface area contributed by atoms with Crippen molar-refractivity contribution in [3.8, 4) is 11.4 Å². The third kappa shape index (κ3) is 3.73. The molecular weight excluding hydrogens is 350 g/mol. The van der Waals surface area contributed by atoms with E-state index in [0.717, 1.165) is 43.1 Å². The molecule has 0 fully saturated rings. The Bertz CT molecular complexity index is 986. The average molecular weight is 373 g/mol. The number of hydrogen-bond acceptors (Lipinski definition) is 5. The quantitative estimate of drug-likeness (QED) is 0.718. The van der Waals surface area contributed by atoms with Crippen LogP contribution in [-0.4, -0.2) is 29.5 Å². The molecule has 0 atom stereocenters. The molecule has 0 spiro atoms. The van der Waals surface area contributed by atoms with Gasteiger partial charge in [-0.3, -0.25) is 4.79 Å². The minimum Gasteiger partial charge on any atom is -0.366 e. The molecule has 2 aromatic carbocycles. The maximum absolute atomic E-state index is 11.3. The van der Waals surface area contributed by atoms with Crippen LogP contribution >= 0.6 is 0 Å². The lowest BCUT2D eigenvalue weighted by Crippen LogP contribution is -2.29. The van der Waals surface area contributed by atoms with Crippen molar-refractivity contribution in [2.45, 2.75) is 19.5 Å². The normalized spacial score (nSPS) is 13.0. The lowest BCUT2D eigenvalue weighted by Gasteiger charge is -2.26. The van der Waals surface area contributed by atoms with Crippen molar-refractivity contribution in [1.82, 2.24) is 15.3 Å². The van der Waals surface area contributed by atoms with E-state index in [0.29, 0.717) is 11.4 Å². The number of carbonyl (C=O) groups is 1. The Morgan fingerprint density at radius 3 is 2.57 bits per heavy atom. The van der Waals surface area contributed by atoms with Gasteiger partial charge >= 0.3 is 0 Å². The number of nitrogens with one attached hydrogen (secondary N) is 1. The smallest absolute Gasteiger partial charge is 0.248 e. The predicted molar refractivity (Wildman–Crippen MR) is 110 cm³/mol. The van der Waals surface area contributed by atoms with Crippen LogP contribution in [0.1, 0.15) is 27.2 Å². The Balaban J connectivity index is 1.72. The summed E-state index contributed by atoms with van der Waals surface area (Å²) in [5, 5.41) is 3.39. The summed E-state index contributed by atoms with van der Waals surface area (Å²) in [5.74, 6) is 1.18. The number of anilines is 1. The van der Waals surface area contributed by atoms with Gasteiger partial charge in [0.2, 0.25) is 5.91 Å². The largest absolute Gasteiger partial charge is 0.366 e. The first-order valence-corrected chi connectivity index (χ1v) is 9.37. The number of hydrogen-bond donors (Lipinski definition) is 2. The maximum Gasteiger partial charge on any atom is 0.248 e. The van der Waals surface area contributed by atoms with Gasteiger partial charge in [-0.05, 0) is 30.7 Å². The van der Waals surface area contributed by atoms with Crippen LogP contribution in [0.2, 0.25) is 0 Å². The number of primary amides is 1. The van der Waals surface area contributed by atoms with Gasteiger partial charge < -0.3 is 16.0 Å². The summed E-state index contributed by atoms with van der Waals surface area (Å²) < 4.78 is 0. The first-order valence-electron chi connectivity index (χ1n) is 9.37. The molecule has 0 saturated carbocycles. The summed E-state index contributed by atoms with van der Waals surface area (Å²) in [6.45, 7) is 2.43. The molecule has 6 heteroatoms. The molecule has 3 aromatic rings. The van der Waals surface area contributed by atoms with E-state index in [1.54, 1.807) is 12.1 Å². The molecule has 0 unspecified atom stereocenters. The fraction of sp³-hybridized carbons (Fsp3) is 0.227. The van der Waals surface area contributed by atoms with E-state index in [1.807, 2.05) is 30.3 Å². The first kappa shape index (κ1) is 18.1. The van der Waals surface area contributed by atoms with Crippen molar-refractivity contribution in [3.63, 3.8) is 0 Å². The van der Waals surface area contributed by atoms with Crippen LogP contribution in [0.3, 0.4) is 0 Å². The second-order valence-corrected chi connectivity index (χ2v) is 7.01. The minimum absolute atomic E-state index is 0.439. The molecule has 0 aliphatic carbocycles. The molecule has 0 bridgehead atoms. The molecule has 3 N–H and O–H groups in total. The molecular formula is C22H23N5O. The van der Waals surface area contributed by atoms with E-state index >= 15 is 0 Å². The minimum atomic E-state index is -0.439. The Hall–Kier alpha value is -3.25. The molecule has 6 nitrogen and oxygen atoms in total. The van der Waals surface area contributed by atoms with Crippen LogP contribution in [0.25, 0.3) is 11.4 Å². The molecule has 2 heterocycles. The third-order valence-corrected chi connectivity index (χ3v) is 4.97. The lowest BCUT2D eigenvalue weighted by molar-refractivity contribution is 0.100. The van der Waals surface area contributed by atoms with Gasteiger partial charge in [-0.15, -0.1) is 0 Å². The third-order valence-electron chi connectivity index (χ3n) is 4.97. The van der Waals surface area contributed by atoms with Crippen LogP contribution in [-0.2, 0) is 19.5 Å². The molecule has 1 aromatic heterocycles. The van der Waals surface area contributed by atoms with Gasteiger partial charge in [0.25, 0.3) is 0 Å². The van der Waals surface area contributed by atoms with Crippen LogP contribution < -0.4 is 16.0 Å². The van der Waals surface area contributed by atoms with E-state index in [-0.39, 0.29) is 0 Å². The summed E-state index contributed by atoms with van der Waals surface area (Å²) in [4.78, 5) is 23.2. The number of nitrogens with two attached hydrogens (primary N) is 1. The van der Waals surface area contributed by atoms with E-state index in [1.165, 1.54) is 11.1 Å². The summed E-state index contributed by atoms with van der Waals surface area (Å²) in [7, 11) is 2.07. The topological polar surface area (TPSA) is 84.1 Å². The Labute approximate surface area is 164 Å². The van der Waals surface area contributed by atoms with Crippen molar-refractivity contribution in [3.05, 3.63) is 77.0 Å².